The van der Waals surface area contributed by atoms with Gasteiger partial charge in [0.2, 0.25) is 0 Å². The van der Waals surface area contributed by atoms with Crippen molar-refractivity contribution in [3.63, 3.8) is 0 Å². The average molecular weight is 290 g/mol. The number of nitrogens with one attached hydrogen (secondary N) is 1. The minimum absolute atomic E-state index is 0.0310. The van der Waals surface area contributed by atoms with Crippen molar-refractivity contribution in [1.82, 2.24) is 5.32 Å². The molecule has 0 fully saturated rings. The van der Waals surface area contributed by atoms with Gasteiger partial charge >= 0.3 is 0 Å². The molecule has 0 spiro atoms. The third-order valence-corrected chi connectivity index (χ3v) is 2.80. The number of benzene rings is 1. The molecule has 0 bridgehead atoms. The molecular formula is C13H17ClFNO3. The Bertz CT molecular complexity index is 422. The highest BCUT2D eigenvalue weighted by Crippen LogP contribution is 2.16. The van der Waals surface area contributed by atoms with E-state index in [1.54, 1.807) is 0 Å². The van der Waals surface area contributed by atoms with Crippen LogP contribution < -0.4 is 10.1 Å². The highest BCUT2D eigenvalue weighted by molar-refractivity contribution is 6.17. The summed E-state index contributed by atoms with van der Waals surface area (Å²) >= 11 is 5.63. The normalized spacial score (nSPS) is 12.0. The molecule has 1 unspecified atom stereocenters. The van der Waals surface area contributed by atoms with E-state index in [1.807, 2.05) is 0 Å². The molecule has 4 nitrogen and oxygen atoms in total. The highest BCUT2D eigenvalue weighted by Gasteiger charge is 2.16. The van der Waals surface area contributed by atoms with E-state index in [-0.39, 0.29) is 11.6 Å². The van der Waals surface area contributed by atoms with Gasteiger partial charge in [-0.3, -0.25) is 4.79 Å². The molecule has 1 N–H and O–H groups in total. The number of amides is 1. The number of halogens is 2. The third kappa shape index (κ3) is 4.69. The number of rotatable bonds is 7. The summed E-state index contributed by atoms with van der Waals surface area (Å²) in [6.45, 7) is 0.330. The van der Waals surface area contributed by atoms with E-state index in [0.717, 1.165) is 0 Å². The Kier molecular flexibility index (Phi) is 6.59. The molecule has 0 aliphatic rings. The summed E-state index contributed by atoms with van der Waals surface area (Å²) in [5.41, 5.74) is -0.0310. The second kappa shape index (κ2) is 7.96. The fraction of sp³-hybridized carbons (Fsp3) is 0.462. The first-order valence-electron chi connectivity index (χ1n) is 5.81. The molecule has 0 radical (unpaired) electrons. The number of carbonyl (C=O) groups is 1. The number of hydrogen-bond donors (Lipinski definition) is 1. The van der Waals surface area contributed by atoms with Crippen LogP contribution in [0.25, 0.3) is 0 Å². The summed E-state index contributed by atoms with van der Waals surface area (Å²) in [6, 6.07) is 3.84. The molecular weight excluding hydrogens is 273 g/mol. The van der Waals surface area contributed by atoms with Crippen LogP contribution in [0.15, 0.2) is 18.2 Å². The number of hydrogen-bond acceptors (Lipinski definition) is 3. The molecule has 1 amide bonds. The van der Waals surface area contributed by atoms with Gasteiger partial charge in [0.15, 0.2) is 0 Å². The molecule has 1 aromatic carbocycles. The number of carbonyl (C=O) groups excluding carboxylic acids is 1. The lowest BCUT2D eigenvalue weighted by molar-refractivity contribution is 0.0891. The van der Waals surface area contributed by atoms with E-state index in [1.165, 1.54) is 32.4 Å². The number of alkyl halides is 1. The Morgan fingerprint density at radius 1 is 1.47 bits per heavy atom. The summed E-state index contributed by atoms with van der Waals surface area (Å²) in [5.74, 6) is -0.367. The topological polar surface area (TPSA) is 47.6 Å². The molecule has 0 heterocycles. The zero-order chi connectivity index (χ0) is 14.3. The SMILES string of the molecule is COCC(CCCl)NC(=O)c1ccc(OC)cc1F. The van der Waals surface area contributed by atoms with E-state index in [2.05, 4.69) is 5.32 Å². The monoisotopic (exact) mass is 289 g/mol. The maximum absolute atomic E-state index is 13.7. The summed E-state index contributed by atoms with van der Waals surface area (Å²) in [6.07, 6.45) is 0.554. The summed E-state index contributed by atoms with van der Waals surface area (Å²) in [7, 11) is 2.96. The first-order chi connectivity index (χ1) is 9.12. The van der Waals surface area contributed by atoms with Crippen LogP contribution >= 0.6 is 11.6 Å². The second-order valence-electron chi connectivity index (χ2n) is 3.95. The van der Waals surface area contributed by atoms with Gasteiger partial charge in [0.1, 0.15) is 11.6 Å². The number of ether oxygens (including phenoxy) is 2. The van der Waals surface area contributed by atoms with Crippen LogP contribution in [0.5, 0.6) is 5.75 Å². The molecule has 1 aromatic rings. The Morgan fingerprint density at radius 3 is 2.74 bits per heavy atom. The van der Waals surface area contributed by atoms with Crippen molar-refractivity contribution in [1.29, 1.82) is 0 Å². The van der Waals surface area contributed by atoms with Crippen molar-refractivity contribution >= 4 is 17.5 Å². The first kappa shape index (κ1) is 15.7. The van der Waals surface area contributed by atoms with Crippen LogP contribution in [0.3, 0.4) is 0 Å². The third-order valence-electron chi connectivity index (χ3n) is 2.58. The first-order valence-corrected chi connectivity index (χ1v) is 6.35. The standard InChI is InChI=1S/C13H17ClFNO3/c1-18-8-9(5-6-14)16-13(17)11-4-3-10(19-2)7-12(11)15/h3-4,7,9H,5-6,8H2,1-2H3,(H,16,17). The van der Waals surface area contributed by atoms with Crippen molar-refractivity contribution in [2.75, 3.05) is 26.7 Å². The fourth-order valence-corrected chi connectivity index (χ4v) is 1.86. The Labute approximate surface area is 116 Å². The van der Waals surface area contributed by atoms with Gasteiger partial charge in [0.05, 0.1) is 25.3 Å². The fourth-order valence-electron chi connectivity index (χ4n) is 1.60. The van der Waals surface area contributed by atoms with Gasteiger partial charge in [-0.1, -0.05) is 0 Å². The van der Waals surface area contributed by atoms with Crippen LogP contribution in [-0.4, -0.2) is 38.7 Å². The molecule has 1 atom stereocenters. The van der Waals surface area contributed by atoms with Gasteiger partial charge in [-0.2, -0.15) is 0 Å². The Balaban J connectivity index is 2.76. The van der Waals surface area contributed by atoms with Crippen molar-refractivity contribution in [2.45, 2.75) is 12.5 Å². The molecule has 0 saturated carbocycles. The maximum atomic E-state index is 13.7. The summed E-state index contributed by atoms with van der Waals surface area (Å²) in [5, 5.41) is 2.68. The van der Waals surface area contributed by atoms with Crippen LogP contribution in [0, 0.1) is 5.82 Å². The van der Waals surface area contributed by atoms with Crippen molar-refractivity contribution in [2.24, 2.45) is 0 Å². The lowest BCUT2D eigenvalue weighted by atomic mass is 10.1. The number of methoxy groups -OCH3 is 2. The van der Waals surface area contributed by atoms with E-state index in [4.69, 9.17) is 21.1 Å². The van der Waals surface area contributed by atoms with E-state index < -0.39 is 11.7 Å². The second-order valence-corrected chi connectivity index (χ2v) is 4.33. The van der Waals surface area contributed by atoms with Gasteiger partial charge in [0, 0.05) is 19.1 Å². The molecule has 1 rings (SSSR count). The van der Waals surface area contributed by atoms with E-state index in [9.17, 15) is 9.18 Å². The van der Waals surface area contributed by atoms with Gasteiger partial charge in [-0.25, -0.2) is 4.39 Å². The van der Waals surface area contributed by atoms with Crippen molar-refractivity contribution < 1.29 is 18.7 Å². The lowest BCUT2D eigenvalue weighted by Gasteiger charge is -2.17. The molecule has 0 aliphatic heterocycles. The van der Waals surface area contributed by atoms with Gasteiger partial charge < -0.3 is 14.8 Å². The van der Waals surface area contributed by atoms with Gasteiger partial charge in [-0.15, -0.1) is 11.6 Å². The van der Waals surface area contributed by atoms with Crippen molar-refractivity contribution in [3.8, 4) is 5.75 Å². The molecule has 0 aliphatic carbocycles. The minimum atomic E-state index is -0.626. The quantitative estimate of drug-likeness (QED) is 0.783. The minimum Gasteiger partial charge on any atom is -0.497 e. The average Bonchev–Trinajstić information content (AvgIpc) is 2.38. The summed E-state index contributed by atoms with van der Waals surface area (Å²) < 4.78 is 23.6. The van der Waals surface area contributed by atoms with E-state index >= 15 is 0 Å². The van der Waals surface area contributed by atoms with Crippen LogP contribution in [0.4, 0.5) is 4.39 Å². The Morgan fingerprint density at radius 2 is 2.21 bits per heavy atom. The largest absolute Gasteiger partial charge is 0.497 e. The lowest BCUT2D eigenvalue weighted by Crippen LogP contribution is -2.38. The smallest absolute Gasteiger partial charge is 0.254 e. The predicted molar refractivity (Wildman–Crippen MR) is 71.4 cm³/mol. The van der Waals surface area contributed by atoms with Crippen LogP contribution in [0.1, 0.15) is 16.8 Å². The Hall–Kier alpha value is -1.33. The highest BCUT2D eigenvalue weighted by atomic mass is 35.5. The molecule has 106 valence electrons. The maximum Gasteiger partial charge on any atom is 0.254 e. The van der Waals surface area contributed by atoms with Crippen LogP contribution in [0.2, 0.25) is 0 Å². The molecule has 6 heteroatoms. The van der Waals surface area contributed by atoms with Gasteiger partial charge in [-0.05, 0) is 18.6 Å². The van der Waals surface area contributed by atoms with Gasteiger partial charge in [0.25, 0.3) is 5.91 Å². The molecule has 0 saturated heterocycles. The zero-order valence-electron chi connectivity index (χ0n) is 10.9. The predicted octanol–water partition coefficient (Wildman–Crippen LogP) is 2.21. The van der Waals surface area contributed by atoms with E-state index in [0.29, 0.717) is 24.7 Å². The van der Waals surface area contributed by atoms with Crippen molar-refractivity contribution in [3.05, 3.63) is 29.6 Å². The summed E-state index contributed by atoms with van der Waals surface area (Å²) in [4.78, 5) is 11.9. The molecule has 19 heavy (non-hydrogen) atoms. The zero-order valence-corrected chi connectivity index (χ0v) is 11.7. The molecule has 0 aromatic heterocycles. The van der Waals surface area contributed by atoms with Crippen LogP contribution in [-0.2, 0) is 4.74 Å².